The van der Waals surface area contributed by atoms with Crippen LogP contribution in [0, 0.1) is 0 Å². The van der Waals surface area contributed by atoms with Crippen LogP contribution in [-0.2, 0) is 34.9 Å². The second-order valence-corrected chi connectivity index (χ2v) is 10.1. The first kappa shape index (κ1) is 32.4. The zero-order valence-electron chi connectivity index (χ0n) is 22.7. The molecule has 2 saturated heterocycles. The van der Waals surface area contributed by atoms with Gasteiger partial charge in [0.2, 0.25) is 0 Å². The van der Waals surface area contributed by atoms with Gasteiger partial charge < -0.3 is 69.6 Å². The first-order valence-corrected chi connectivity index (χ1v) is 13.2. The summed E-state index contributed by atoms with van der Waals surface area (Å²) in [6.45, 7) is -2.18. The molecule has 1 unspecified atom stereocenters. The van der Waals surface area contributed by atoms with Gasteiger partial charge in [0.15, 0.2) is 41.7 Å². The van der Waals surface area contributed by atoms with E-state index in [0.29, 0.717) is 11.1 Å². The molecule has 15 nitrogen and oxygen atoms in total. The summed E-state index contributed by atoms with van der Waals surface area (Å²) < 4.78 is 27.8. The molecule has 2 aliphatic heterocycles. The maximum Gasteiger partial charge on any atom is 0.331 e. The molecule has 15 heteroatoms. The van der Waals surface area contributed by atoms with Gasteiger partial charge >= 0.3 is 5.97 Å². The molecule has 2 fully saturated rings. The van der Waals surface area contributed by atoms with E-state index in [0.717, 1.165) is 6.08 Å². The molecule has 8 atom stereocenters. The highest BCUT2D eigenvalue weighted by Gasteiger charge is 2.54. The molecule has 43 heavy (non-hydrogen) atoms. The van der Waals surface area contributed by atoms with Crippen molar-refractivity contribution < 1.29 is 74.4 Å². The quantitative estimate of drug-likeness (QED) is 0.0806. The Morgan fingerprint density at radius 3 is 2.28 bits per heavy atom. The minimum atomic E-state index is -2.06. The monoisotopic (exact) mass is 610 g/mol. The molecule has 2 aliphatic rings. The van der Waals surface area contributed by atoms with E-state index >= 15 is 0 Å². The minimum absolute atomic E-state index is 0.0731. The molecule has 0 bridgehead atoms. The van der Waals surface area contributed by atoms with E-state index < -0.39 is 80.2 Å². The van der Waals surface area contributed by atoms with Gasteiger partial charge in [-0.15, -0.1) is 0 Å². The van der Waals surface area contributed by atoms with Crippen LogP contribution in [0.3, 0.4) is 0 Å². The highest BCUT2D eigenvalue weighted by Crippen LogP contribution is 2.33. The van der Waals surface area contributed by atoms with Crippen LogP contribution in [0.15, 0.2) is 42.5 Å². The Kier molecular flexibility index (Phi) is 10.4. The number of carbonyl (C=O) groups excluding carboxylic acids is 1. The molecule has 0 aliphatic carbocycles. The van der Waals surface area contributed by atoms with Crippen LogP contribution >= 0.6 is 0 Å². The molecule has 2 heterocycles. The van der Waals surface area contributed by atoms with Crippen LogP contribution in [0.5, 0.6) is 23.0 Å². The zero-order valence-corrected chi connectivity index (χ0v) is 22.7. The van der Waals surface area contributed by atoms with E-state index in [9.17, 15) is 50.8 Å². The van der Waals surface area contributed by atoms with E-state index in [2.05, 4.69) is 0 Å². The molecular weight excluding hydrogens is 576 g/mol. The van der Waals surface area contributed by atoms with Gasteiger partial charge in [0.05, 0.1) is 26.4 Å². The third-order valence-corrected chi connectivity index (χ3v) is 7.04. The molecular formula is C28H34O15. The Morgan fingerprint density at radius 2 is 1.65 bits per heavy atom. The fourth-order valence-electron chi connectivity index (χ4n) is 4.54. The summed E-state index contributed by atoms with van der Waals surface area (Å²) in [4.78, 5) is 12.7. The zero-order chi connectivity index (χ0) is 31.3. The van der Waals surface area contributed by atoms with Gasteiger partial charge in [-0.2, -0.15) is 0 Å². The summed E-state index contributed by atoms with van der Waals surface area (Å²) in [5.74, 6) is -2.39. The Balaban J connectivity index is 1.50. The van der Waals surface area contributed by atoms with Crippen LogP contribution in [-0.4, -0.2) is 127 Å². The number of phenols is 4. The number of benzene rings is 2. The lowest BCUT2D eigenvalue weighted by Crippen LogP contribution is -2.62. The second kappa shape index (κ2) is 13.9. The van der Waals surface area contributed by atoms with Crippen LogP contribution in [0.2, 0.25) is 0 Å². The third-order valence-electron chi connectivity index (χ3n) is 7.04. The van der Waals surface area contributed by atoms with Crippen molar-refractivity contribution in [2.75, 3.05) is 26.4 Å². The SMILES string of the molecule is O=C(/C=C/c1ccc(O)c(O)c1)O[C@H]1[C@H](OC2OC[C@](O)(CO)[C@H]2O)[C@@H](O)[C@H](OCCc2ccc(O)c(O)c2)O[C@@H]1CO. The fraction of sp³-hybridized carbons (Fsp3) is 0.464. The highest BCUT2D eigenvalue weighted by molar-refractivity contribution is 5.87. The van der Waals surface area contributed by atoms with Crippen molar-refractivity contribution in [1.29, 1.82) is 0 Å². The smallest absolute Gasteiger partial charge is 0.331 e. The van der Waals surface area contributed by atoms with E-state index in [1.165, 1.54) is 36.4 Å². The average molecular weight is 611 g/mol. The van der Waals surface area contributed by atoms with Crippen LogP contribution in [0.25, 0.3) is 6.08 Å². The Labute approximate surface area is 245 Å². The molecule has 9 N–H and O–H groups in total. The van der Waals surface area contributed by atoms with Crippen molar-refractivity contribution in [3.05, 3.63) is 53.6 Å². The van der Waals surface area contributed by atoms with Crippen LogP contribution < -0.4 is 0 Å². The molecule has 236 valence electrons. The van der Waals surface area contributed by atoms with Crippen molar-refractivity contribution in [3.8, 4) is 23.0 Å². The molecule has 0 spiro atoms. The predicted molar refractivity (Wildman–Crippen MR) is 143 cm³/mol. The minimum Gasteiger partial charge on any atom is -0.504 e. The molecule has 2 aromatic rings. The summed E-state index contributed by atoms with van der Waals surface area (Å²) in [6.07, 6.45) is -8.43. The van der Waals surface area contributed by atoms with E-state index in [1.54, 1.807) is 6.07 Å². The Hall–Kier alpha value is -3.51. The standard InChI is InChI=1S/C28H34O15/c29-11-20-23(42-21(35)6-3-14-1-4-16(31)18(33)9-14)24(43-27-25(37)28(38,12-30)13-40-27)22(36)26(41-20)39-8-7-15-2-5-17(32)19(34)10-15/h1-6,9-10,20,22-27,29-34,36-38H,7-8,11-13H2/b6-3+/t20-,22-,23-,24-,25+,26-,27?,28-/m1/s1. The number of aliphatic hydroxyl groups is 5. The van der Waals surface area contributed by atoms with E-state index in [-0.39, 0.29) is 30.3 Å². The molecule has 0 saturated carbocycles. The van der Waals surface area contributed by atoms with Gasteiger partial charge in [0.1, 0.15) is 30.0 Å². The summed E-state index contributed by atoms with van der Waals surface area (Å²) in [6, 6.07) is 7.98. The lowest BCUT2D eigenvalue weighted by atomic mass is 9.97. The van der Waals surface area contributed by atoms with Gasteiger partial charge in [-0.05, 0) is 47.9 Å². The fourth-order valence-corrected chi connectivity index (χ4v) is 4.54. The van der Waals surface area contributed by atoms with Gasteiger partial charge in [0.25, 0.3) is 0 Å². The van der Waals surface area contributed by atoms with Crippen molar-refractivity contribution in [1.82, 2.24) is 0 Å². The van der Waals surface area contributed by atoms with Gasteiger partial charge in [0, 0.05) is 6.08 Å². The average Bonchev–Trinajstić information content (AvgIpc) is 3.27. The maximum atomic E-state index is 12.7. The van der Waals surface area contributed by atoms with Gasteiger partial charge in [-0.1, -0.05) is 12.1 Å². The van der Waals surface area contributed by atoms with Gasteiger partial charge in [-0.3, -0.25) is 0 Å². The normalized spacial score (nSPS) is 31.0. The van der Waals surface area contributed by atoms with Crippen molar-refractivity contribution in [2.45, 2.75) is 55.1 Å². The van der Waals surface area contributed by atoms with E-state index in [1.807, 2.05) is 0 Å². The summed E-state index contributed by atoms with van der Waals surface area (Å²) >= 11 is 0. The van der Waals surface area contributed by atoms with Crippen molar-refractivity contribution >= 4 is 12.0 Å². The number of aromatic hydroxyl groups is 4. The maximum absolute atomic E-state index is 12.7. The first-order valence-electron chi connectivity index (χ1n) is 13.2. The highest BCUT2D eigenvalue weighted by atomic mass is 16.7. The predicted octanol–water partition coefficient (Wildman–Crippen LogP) is -1.40. The second-order valence-electron chi connectivity index (χ2n) is 10.1. The molecule has 4 rings (SSSR count). The number of esters is 1. The Bertz CT molecular complexity index is 1280. The summed E-state index contributed by atoms with van der Waals surface area (Å²) in [5.41, 5.74) is -1.15. The third kappa shape index (κ3) is 7.53. The largest absolute Gasteiger partial charge is 0.504 e. The lowest BCUT2D eigenvalue weighted by molar-refractivity contribution is -0.330. The van der Waals surface area contributed by atoms with Crippen molar-refractivity contribution in [2.24, 2.45) is 0 Å². The number of carbonyl (C=O) groups is 1. The van der Waals surface area contributed by atoms with Crippen LogP contribution in [0.1, 0.15) is 11.1 Å². The molecule has 0 radical (unpaired) electrons. The van der Waals surface area contributed by atoms with Crippen molar-refractivity contribution in [3.63, 3.8) is 0 Å². The first-order chi connectivity index (χ1) is 20.4. The molecule has 0 amide bonds. The topological polar surface area (TPSA) is 245 Å². The van der Waals surface area contributed by atoms with Gasteiger partial charge in [-0.25, -0.2) is 4.79 Å². The van der Waals surface area contributed by atoms with Crippen LogP contribution in [0.4, 0.5) is 0 Å². The number of hydrogen-bond donors (Lipinski definition) is 9. The van der Waals surface area contributed by atoms with E-state index in [4.69, 9.17) is 23.7 Å². The number of aliphatic hydroxyl groups excluding tert-OH is 4. The molecule has 2 aromatic carbocycles. The molecule has 0 aromatic heterocycles. The number of phenolic OH excluding ortho intramolecular Hbond substituents is 4. The number of rotatable bonds is 11. The Morgan fingerprint density at radius 1 is 0.953 bits per heavy atom. The summed E-state index contributed by atoms with van der Waals surface area (Å²) in [7, 11) is 0. The number of hydrogen-bond acceptors (Lipinski definition) is 15. The summed E-state index contributed by atoms with van der Waals surface area (Å²) in [5, 5.41) is 89.8. The lowest BCUT2D eigenvalue weighted by Gasteiger charge is -2.44. The number of ether oxygens (including phenoxy) is 5.